The van der Waals surface area contributed by atoms with Crippen molar-refractivity contribution < 1.29 is 14.7 Å². The van der Waals surface area contributed by atoms with E-state index in [-0.39, 0.29) is 23.9 Å². The Morgan fingerprint density at radius 2 is 1.77 bits per heavy atom. The van der Waals surface area contributed by atoms with Crippen molar-refractivity contribution in [2.24, 2.45) is 0 Å². The van der Waals surface area contributed by atoms with Crippen LogP contribution in [0.3, 0.4) is 0 Å². The second-order valence-electron chi connectivity index (χ2n) is 8.19. The second kappa shape index (κ2) is 8.64. The lowest BCUT2D eigenvalue weighted by molar-refractivity contribution is -0.138. The number of amides is 1. The van der Waals surface area contributed by atoms with Crippen LogP contribution in [0.15, 0.2) is 24.3 Å². The molecular weight excluding hydrogens is 330 g/mol. The van der Waals surface area contributed by atoms with Gasteiger partial charge in [0.1, 0.15) is 0 Å². The van der Waals surface area contributed by atoms with Crippen molar-refractivity contribution >= 4 is 17.6 Å². The molecular formula is C20H31N3O3. The normalized spacial score (nSPS) is 16.7. The van der Waals surface area contributed by atoms with E-state index in [1.54, 1.807) is 0 Å². The molecule has 0 unspecified atom stereocenters. The topological polar surface area (TPSA) is 72.9 Å². The van der Waals surface area contributed by atoms with Crippen molar-refractivity contribution in [1.29, 1.82) is 0 Å². The standard InChI is InChI=1S/C20H31N3O3/c1-20(2,3)15-5-7-16(8-6-15)21-18(24)13-23-11-9-17(10-12-23)22(4)14-19(25)26/h5-8,17H,9-14H2,1-4H3,(H,21,24)(H,25,26). The molecule has 6 heteroatoms. The molecule has 0 aromatic heterocycles. The van der Waals surface area contributed by atoms with Crippen LogP contribution in [-0.4, -0.2) is 66.1 Å². The number of benzene rings is 1. The molecule has 1 aromatic rings. The Kier molecular flexibility index (Phi) is 6.78. The van der Waals surface area contributed by atoms with Gasteiger partial charge in [0.2, 0.25) is 5.91 Å². The molecule has 0 atom stereocenters. The van der Waals surface area contributed by atoms with Crippen LogP contribution in [0.25, 0.3) is 0 Å². The summed E-state index contributed by atoms with van der Waals surface area (Å²) in [5.74, 6) is -0.808. The van der Waals surface area contributed by atoms with Crippen LogP contribution in [-0.2, 0) is 15.0 Å². The van der Waals surface area contributed by atoms with Crippen LogP contribution >= 0.6 is 0 Å². The molecule has 2 rings (SSSR count). The number of carboxylic acid groups (broad SMARTS) is 1. The summed E-state index contributed by atoms with van der Waals surface area (Å²) in [7, 11) is 1.85. The maximum atomic E-state index is 12.3. The Bertz CT molecular complexity index is 614. The molecule has 0 radical (unpaired) electrons. The van der Waals surface area contributed by atoms with Crippen molar-refractivity contribution in [3.05, 3.63) is 29.8 Å². The Labute approximate surface area is 156 Å². The summed E-state index contributed by atoms with van der Waals surface area (Å²) in [6, 6.07) is 8.28. The molecule has 1 heterocycles. The molecule has 1 fully saturated rings. The summed E-state index contributed by atoms with van der Waals surface area (Å²) in [4.78, 5) is 27.1. The van der Waals surface area contributed by atoms with Gasteiger partial charge < -0.3 is 10.4 Å². The van der Waals surface area contributed by atoms with Gasteiger partial charge in [-0.05, 0) is 43.0 Å². The van der Waals surface area contributed by atoms with Crippen LogP contribution < -0.4 is 5.32 Å². The molecule has 1 saturated heterocycles. The van der Waals surface area contributed by atoms with E-state index in [0.717, 1.165) is 31.6 Å². The summed E-state index contributed by atoms with van der Waals surface area (Å²) in [5.41, 5.74) is 2.16. The van der Waals surface area contributed by atoms with Gasteiger partial charge in [-0.25, -0.2) is 0 Å². The number of rotatable bonds is 6. The Balaban J connectivity index is 1.78. The molecule has 26 heavy (non-hydrogen) atoms. The van der Waals surface area contributed by atoms with Crippen LogP contribution in [0, 0.1) is 0 Å². The zero-order valence-electron chi connectivity index (χ0n) is 16.3. The van der Waals surface area contributed by atoms with Crippen LogP contribution in [0.2, 0.25) is 0 Å². The van der Waals surface area contributed by atoms with E-state index in [1.165, 1.54) is 5.56 Å². The van der Waals surface area contributed by atoms with E-state index in [2.05, 4.69) is 43.1 Å². The van der Waals surface area contributed by atoms with E-state index in [0.29, 0.717) is 6.54 Å². The zero-order chi connectivity index (χ0) is 19.3. The van der Waals surface area contributed by atoms with Gasteiger partial charge >= 0.3 is 5.97 Å². The highest BCUT2D eigenvalue weighted by molar-refractivity contribution is 5.92. The van der Waals surface area contributed by atoms with Crippen LogP contribution in [0.4, 0.5) is 5.69 Å². The summed E-state index contributed by atoms with van der Waals surface area (Å²) < 4.78 is 0. The number of piperidine rings is 1. The summed E-state index contributed by atoms with van der Waals surface area (Å²) in [6.07, 6.45) is 1.77. The van der Waals surface area contributed by atoms with Gasteiger partial charge in [-0.15, -0.1) is 0 Å². The highest BCUT2D eigenvalue weighted by Gasteiger charge is 2.24. The molecule has 2 N–H and O–H groups in total. The second-order valence-corrected chi connectivity index (χ2v) is 8.19. The third kappa shape index (κ3) is 6.11. The van der Waals surface area contributed by atoms with Crippen LogP contribution in [0.1, 0.15) is 39.2 Å². The van der Waals surface area contributed by atoms with Gasteiger partial charge in [-0.2, -0.15) is 0 Å². The van der Waals surface area contributed by atoms with Gasteiger partial charge in [0.05, 0.1) is 13.1 Å². The van der Waals surface area contributed by atoms with E-state index in [1.807, 2.05) is 24.1 Å². The first-order chi connectivity index (χ1) is 12.1. The first-order valence-electron chi connectivity index (χ1n) is 9.20. The SMILES string of the molecule is CN(CC(=O)O)C1CCN(CC(=O)Nc2ccc(C(C)(C)C)cc2)CC1. The van der Waals surface area contributed by atoms with Crippen molar-refractivity contribution in [1.82, 2.24) is 9.80 Å². The lowest BCUT2D eigenvalue weighted by atomic mass is 9.87. The van der Waals surface area contributed by atoms with Gasteiger partial charge in [0.15, 0.2) is 0 Å². The fourth-order valence-corrected chi connectivity index (χ4v) is 3.32. The average molecular weight is 361 g/mol. The monoisotopic (exact) mass is 361 g/mol. The van der Waals surface area contributed by atoms with E-state index in [9.17, 15) is 9.59 Å². The maximum Gasteiger partial charge on any atom is 0.317 e. The third-order valence-electron chi connectivity index (χ3n) is 4.97. The van der Waals surface area contributed by atoms with E-state index < -0.39 is 5.97 Å². The Morgan fingerprint density at radius 1 is 1.19 bits per heavy atom. The first kappa shape index (κ1) is 20.4. The summed E-state index contributed by atoms with van der Waals surface area (Å²) in [5, 5.41) is 11.8. The zero-order valence-corrected chi connectivity index (χ0v) is 16.3. The maximum absolute atomic E-state index is 12.3. The smallest absolute Gasteiger partial charge is 0.317 e. The number of aliphatic carboxylic acids is 1. The van der Waals surface area contributed by atoms with Crippen LogP contribution in [0.5, 0.6) is 0 Å². The third-order valence-corrected chi connectivity index (χ3v) is 4.97. The lowest BCUT2D eigenvalue weighted by Crippen LogP contribution is -2.46. The number of nitrogens with zero attached hydrogens (tertiary/aromatic N) is 2. The minimum absolute atomic E-state index is 0.00847. The number of hydrogen-bond acceptors (Lipinski definition) is 4. The Morgan fingerprint density at radius 3 is 2.27 bits per heavy atom. The van der Waals surface area contributed by atoms with Gasteiger partial charge in [-0.3, -0.25) is 19.4 Å². The molecule has 1 aromatic carbocycles. The number of hydrogen-bond donors (Lipinski definition) is 2. The number of carboxylic acids is 1. The number of likely N-dealkylation sites (N-methyl/N-ethyl adjacent to an activating group) is 1. The van der Waals surface area contributed by atoms with Gasteiger partial charge in [-0.1, -0.05) is 32.9 Å². The lowest BCUT2D eigenvalue weighted by Gasteiger charge is -2.35. The van der Waals surface area contributed by atoms with Crippen molar-refractivity contribution in [2.75, 3.05) is 38.5 Å². The summed E-state index contributed by atoms with van der Waals surface area (Å²) >= 11 is 0. The fraction of sp³-hybridized carbons (Fsp3) is 0.600. The molecule has 1 aliphatic rings. The minimum Gasteiger partial charge on any atom is -0.480 e. The molecule has 0 saturated carbocycles. The molecule has 0 spiro atoms. The molecule has 6 nitrogen and oxygen atoms in total. The van der Waals surface area contributed by atoms with Crippen molar-refractivity contribution in [3.63, 3.8) is 0 Å². The quantitative estimate of drug-likeness (QED) is 0.814. The highest BCUT2D eigenvalue weighted by atomic mass is 16.4. The number of carbonyl (C=O) groups is 2. The fourth-order valence-electron chi connectivity index (χ4n) is 3.32. The van der Waals surface area contributed by atoms with Gasteiger partial charge in [0, 0.05) is 24.8 Å². The average Bonchev–Trinajstić information content (AvgIpc) is 2.54. The minimum atomic E-state index is -0.799. The first-order valence-corrected chi connectivity index (χ1v) is 9.20. The van der Waals surface area contributed by atoms with Crippen molar-refractivity contribution in [3.8, 4) is 0 Å². The molecule has 1 aliphatic heterocycles. The highest BCUT2D eigenvalue weighted by Crippen LogP contribution is 2.23. The van der Waals surface area contributed by atoms with Crippen molar-refractivity contribution in [2.45, 2.75) is 45.1 Å². The predicted octanol–water partition coefficient (Wildman–Crippen LogP) is 2.40. The van der Waals surface area contributed by atoms with E-state index >= 15 is 0 Å². The number of nitrogens with one attached hydrogen (secondary N) is 1. The van der Waals surface area contributed by atoms with E-state index in [4.69, 9.17) is 5.11 Å². The molecule has 0 bridgehead atoms. The number of likely N-dealkylation sites (tertiary alicyclic amines) is 1. The molecule has 0 aliphatic carbocycles. The summed E-state index contributed by atoms with van der Waals surface area (Å²) in [6.45, 7) is 8.55. The molecule has 144 valence electrons. The number of carbonyl (C=O) groups excluding carboxylic acids is 1. The molecule has 1 amide bonds. The predicted molar refractivity (Wildman–Crippen MR) is 103 cm³/mol. The van der Waals surface area contributed by atoms with Gasteiger partial charge in [0.25, 0.3) is 0 Å². The Hall–Kier alpha value is -1.92. The largest absolute Gasteiger partial charge is 0.480 e. The number of anilines is 1.